The number of carbonyl (C=O) groups is 1. The summed E-state index contributed by atoms with van der Waals surface area (Å²) in [7, 11) is 0. The van der Waals surface area contributed by atoms with Crippen LogP contribution in [0.4, 0.5) is 0 Å². The van der Waals surface area contributed by atoms with Crippen LogP contribution in [0, 0.1) is 11.8 Å². The molecule has 0 saturated carbocycles. The van der Waals surface area contributed by atoms with Crippen molar-refractivity contribution < 1.29 is 4.79 Å². The van der Waals surface area contributed by atoms with Gasteiger partial charge in [-0.25, -0.2) is 0 Å². The molecule has 15 heavy (non-hydrogen) atoms. The first-order valence-corrected chi connectivity index (χ1v) is 5.71. The van der Waals surface area contributed by atoms with Crippen LogP contribution in [0.2, 0.25) is 0 Å². The second kappa shape index (κ2) is 7.32. The van der Waals surface area contributed by atoms with Crippen LogP contribution in [-0.4, -0.2) is 5.91 Å². The summed E-state index contributed by atoms with van der Waals surface area (Å²) in [4.78, 5) is 10.6. The molecule has 0 aromatic carbocycles. The van der Waals surface area contributed by atoms with Gasteiger partial charge in [0.1, 0.15) is 0 Å². The zero-order valence-corrected chi connectivity index (χ0v) is 10.1. The maximum atomic E-state index is 10.6. The van der Waals surface area contributed by atoms with E-state index in [0.29, 0.717) is 11.6 Å². The van der Waals surface area contributed by atoms with Gasteiger partial charge in [-0.05, 0) is 24.7 Å². The van der Waals surface area contributed by atoms with Crippen LogP contribution in [0.5, 0.6) is 0 Å². The second-order valence-corrected chi connectivity index (χ2v) is 4.57. The number of nitrogens with two attached hydrogens (primary N) is 2. The van der Waals surface area contributed by atoms with E-state index in [4.69, 9.17) is 11.5 Å². The first kappa shape index (κ1) is 14.0. The summed E-state index contributed by atoms with van der Waals surface area (Å²) in [5, 5.41) is 0. The Morgan fingerprint density at radius 2 is 1.87 bits per heavy atom. The number of amides is 1. The van der Waals surface area contributed by atoms with Gasteiger partial charge in [0.05, 0.1) is 0 Å². The third-order valence-electron chi connectivity index (χ3n) is 2.58. The topological polar surface area (TPSA) is 69.1 Å². The largest absolute Gasteiger partial charge is 0.402 e. The molecule has 0 rings (SSSR count). The van der Waals surface area contributed by atoms with E-state index in [1.54, 1.807) is 0 Å². The molecule has 4 N–H and O–H groups in total. The minimum absolute atomic E-state index is 0.453. The molecule has 0 saturated heterocycles. The van der Waals surface area contributed by atoms with Crippen molar-refractivity contribution in [1.82, 2.24) is 0 Å². The molecule has 0 heterocycles. The SMILES string of the molecule is CCC(CCC(C)C)C/C(N)=C/C(N)=O. The molecule has 0 bridgehead atoms. The van der Waals surface area contributed by atoms with Gasteiger partial charge in [0.25, 0.3) is 0 Å². The third-order valence-corrected chi connectivity index (χ3v) is 2.58. The molecular formula is C12H24N2O. The molecule has 0 fully saturated rings. The Kier molecular flexibility index (Phi) is 6.84. The van der Waals surface area contributed by atoms with E-state index in [0.717, 1.165) is 18.8 Å². The molecule has 88 valence electrons. The van der Waals surface area contributed by atoms with Crippen LogP contribution >= 0.6 is 0 Å². The molecule has 3 nitrogen and oxygen atoms in total. The number of rotatable bonds is 7. The van der Waals surface area contributed by atoms with Gasteiger partial charge in [-0.15, -0.1) is 0 Å². The van der Waals surface area contributed by atoms with E-state index in [-0.39, 0.29) is 0 Å². The lowest BCUT2D eigenvalue weighted by Crippen LogP contribution is -2.13. The lowest BCUT2D eigenvalue weighted by Gasteiger charge is -2.15. The average molecular weight is 212 g/mol. The Morgan fingerprint density at radius 3 is 2.27 bits per heavy atom. The lowest BCUT2D eigenvalue weighted by molar-refractivity contribution is -0.113. The molecule has 0 aliphatic carbocycles. The van der Waals surface area contributed by atoms with E-state index in [1.165, 1.54) is 18.9 Å². The Labute approximate surface area is 92.9 Å². The fraction of sp³-hybridized carbons (Fsp3) is 0.750. The Morgan fingerprint density at radius 1 is 1.27 bits per heavy atom. The predicted octanol–water partition coefficient (Wildman–Crippen LogP) is 2.17. The Hall–Kier alpha value is -0.990. The highest BCUT2D eigenvalue weighted by atomic mass is 16.1. The number of allylic oxidation sites excluding steroid dienone is 1. The molecule has 0 radical (unpaired) electrons. The van der Waals surface area contributed by atoms with Gasteiger partial charge in [-0.3, -0.25) is 4.79 Å². The zero-order valence-electron chi connectivity index (χ0n) is 10.1. The van der Waals surface area contributed by atoms with Gasteiger partial charge >= 0.3 is 0 Å². The first-order valence-electron chi connectivity index (χ1n) is 5.71. The standard InChI is InChI=1S/C12H24N2O/c1-4-10(6-5-9(2)3)7-11(13)8-12(14)15/h8-10H,4-7,13H2,1-3H3,(H2,14,15)/b11-8-. The summed E-state index contributed by atoms with van der Waals surface area (Å²) in [6.07, 6.45) is 5.59. The van der Waals surface area contributed by atoms with E-state index >= 15 is 0 Å². The van der Waals surface area contributed by atoms with Gasteiger partial charge < -0.3 is 11.5 Å². The minimum Gasteiger partial charge on any atom is -0.402 e. The first-order chi connectivity index (χ1) is 6.95. The average Bonchev–Trinajstić information content (AvgIpc) is 2.10. The number of hydrogen-bond acceptors (Lipinski definition) is 2. The molecule has 3 heteroatoms. The predicted molar refractivity (Wildman–Crippen MR) is 63.9 cm³/mol. The van der Waals surface area contributed by atoms with E-state index in [9.17, 15) is 4.79 Å². The molecule has 0 aromatic rings. The molecule has 0 spiro atoms. The van der Waals surface area contributed by atoms with Crippen LogP contribution in [0.25, 0.3) is 0 Å². The Bertz CT molecular complexity index is 222. The van der Waals surface area contributed by atoms with Crippen molar-refractivity contribution in [2.45, 2.75) is 46.5 Å². The van der Waals surface area contributed by atoms with Crippen molar-refractivity contribution in [2.24, 2.45) is 23.3 Å². The minimum atomic E-state index is -0.453. The molecule has 0 aromatic heterocycles. The van der Waals surface area contributed by atoms with Gasteiger partial charge in [0.15, 0.2) is 0 Å². The molecular weight excluding hydrogens is 188 g/mol. The molecule has 0 aliphatic rings. The normalized spacial score (nSPS) is 14.3. The fourth-order valence-electron chi connectivity index (χ4n) is 1.59. The molecule has 0 aliphatic heterocycles. The summed E-state index contributed by atoms with van der Waals surface area (Å²) < 4.78 is 0. The van der Waals surface area contributed by atoms with Gasteiger partial charge in [0.2, 0.25) is 5.91 Å². The summed E-state index contributed by atoms with van der Waals surface area (Å²) in [6, 6.07) is 0. The zero-order chi connectivity index (χ0) is 11.8. The van der Waals surface area contributed by atoms with Crippen molar-refractivity contribution in [2.75, 3.05) is 0 Å². The maximum absolute atomic E-state index is 10.6. The van der Waals surface area contributed by atoms with Crippen molar-refractivity contribution >= 4 is 5.91 Å². The highest BCUT2D eigenvalue weighted by molar-refractivity contribution is 5.86. The van der Waals surface area contributed by atoms with E-state index in [2.05, 4.69) is 20.8 Å². The molecule has 1 atom stereocenters. The fourth-order valence-corrected chi connectivity index (χ4v) is 1.59. The van der Waals surface area contributed by atoms with Gasteiger partial charge in [-0.1, -0.05) is 33.6 Å². The van der Waals surface area contributed by atoms with Gasteiger partial charge in [0, 0.05) is 11.8 Å². The van der Waals surface area contributed by atoms with Crippen molar-refractivity contribution in [3.05, 3.63) is 11.8 Å². The molecule has 1 unspecified atom stereocenters. The van der Waals surface area contributed by atoms with Crippen LogP contribution in [-0.2, 0) is 4.79 Å². The van der Waals surface area contributed by atoms with Gasteiger partial charge in [-0.2, -0.15) is 0 Å². The van der Waals surface area contributed by atoms with Crippen LogP contribution in [0.15, 0.2) is 11.8 Å². The van der Waals surface area contributed by atoms with E-state index in [1.807, 2.05) is 0 Å². The quantitative estimate of drug-likeness (QED) is 0.635. The summed E-state index contributed by atoms with van der Waals surface area (Å²) in [5.41, 5.74) is 11.4. The van der Waals surface area contributed by atoms with E-state index < -0.39 is 5.91 Å². The summed E-state index contributed by atoms with van der Waals surface area (Å²) in [6.45, 7) is 6.59. The number of primary amides is 1. The van der Waals surface area contributed by atoms with Crippen LogP contribution in [0.1, 0.15) is 46.5 Å². The van der Waals surface area contributed by atoms with Crippen LogP contribution in [0.3, 0.4) is 0 Å². The third kappa shape index (κ3) is 8.03. The second-order valence-electron chi connectivity index (χ2n) is 4.57. The lowest BCUT2D eigenvalue weighted by atomic mass is 9.92. The number of carbonyl (C=O) groups excluding carboxylic acids is 1. The smallest absolute Gasteiger partial charge is 0.243 e. The monoisotopic (exact) mass is 212 g/mol. The van der Waals surface area contributed by atoms with Crippen molar-refractivity contribution in [3.8, 4) is 0 Å². The van der Waals surface area contributed by atoms with Crippen molar-refractivity contribution in [1.29, 1.82) is 0 Å². The molecule has 1 amide bonds. The summed E-state index contributed by atoms with van der Waals surface area (Å²) in [5.74, 6) is 0.842. The summed E-state index contributed by atoms with van der Waals surface area (Å²) >= 11 is 0. The maximum Gasteiger partial charge on any atom is 0.243 e. The highest BCUT2D eigenvalue weighted by Gasteiger charge is 2.09. The highest BCUT2D eigenvalue weighted by Crippen LogP contribution is 2.20. The van der Waals surface area contributed by atoms with Crippen LogP contribution < -0.4 is 11.5 Å². The Balaban J connectivity index is 4.03. The van der Waals surface area contributed by atoms with Crippen molar-refractivity contribution in [3.63, 3.8) is 0 Å². The number of hydrogen-bond donors (Lipinski definition) is 2.